The second kappa shape index (κ2) is 14.3. The summed E-state index contributed by atoms with van der Waals surface area (Å²) in [5.74, 6) is 2.56. The molecule has 0 radical (unpaired) electrons. The Bertz CT molecular complexity index is 3580. The van der Waals surface area contributed by atoms with Crippen LogP contribution < -0.4 is 0 Å². The fraction of sp³-hybridized carbons (Fsp3) is 0.0678. The molecular weight excluding hydrogens is 811 g/mol. The van der Waals surface area contributed by atoms with Gasteiger partial charge in [0.25, 0.3) is 0 Å². The van der Waals surface area contributed by atoms with Crippen LogP contribution in [0.4, 0.5) is 0 Å². The number of rotatable bonds is 5. The summed E-state index contributed by atoms with van der Waals surface area (Å²) in [6.45, 7) is 4.72. The van der Waals surface area contributed by atoms with Gasteiger partial charge in [-0.3, -0.25) is 0 Å². The molecule has 3 heterocycles. The lowest BCUT2D eigenvalue weighted by Crippen LogP contribution is -2.40. The first-order valence-corrected chi connectivity index (χ1v) is 22.9. The van der Waals surface area contributed by atoms with E-state index in [1.165, 1.54) is 38.1 Å². The zero-order valence-electron chi connectivity index (χ0n) is 35.7. The van der Waals surface area contributed by atoms with Gasteiger partial charge in [0, 0.05) is 43.3 Å². The van der Waals surface area contributed by atoms with Crippen molar-refractivity contribution in [3.05, 3.63) is 234 Å². The molecule has 0 aliphatic heterocycles. The lowest BCUT2D eigenvalue weighted by molar-refractivity contribution is 0.563. The second-order valence-corrected chi connectivity index (χ2v) is 18.6. The van der Waals surface area contributed by atoms with E-state index in [9.17, 15) is 0 Å². The largest absolute Gasteiger partial charge is 0.226 e. The van der Waals surface area contributed by atoms with E-state index in [-0.39, 0.29) is 5.41 Å². The molecule has 0 unspecified atom stereocenters. The highest BCUT2D eigenvalue weighted by Gasteiger charge is 2.54. The van der Waals surface area contributed by atoms with Crippen LogP contribution in [0.3, 0.4) is 0 Å². The van der Waals surface area contributed by atoms with Gasteiger partial charge in [-0.15, -0.1) is 11.3 Å². The van der Waals surface area contributed by atoms with Crippen LogP contribution >= 0.6 is 11.3 Å². The molecule has 8 aromatic carbocycles. The molecule has 2 aliphatic rings. The Kier molecular flexibility index (Phi) is 8.27. The van der Waals surface area contributed by atoms with Gasteiger partial charge in [0.05, 0.1) is 21.3 Å². The first-order chi connectivity index (χ1) is 32.0. The molecule has 0 saturated heterocycles. The van der Waals surface area contributed by atoms with E-state index < -0.39 is 5.41 Å². The molecule has 0 N–H and O–H groups in total. The van der Waals surface area contributed by atoms with E-state index in [0.29, 0.717) is 23.3 Å². The van der Waals surface area contributed by atoms with Crippen LogP contribution in [-0.2, 0) is 10.8 Å². The minimum atomic E-state index is -0.636. The van der Waals surface area contributed by atoms with Gasteiger partial charge >= 0.3 is 0 Å². The molecule has 3 aromatic heterocycles. The molecule has 5 nitrogen and oxygen atoms in total. The Labute approximate surface area is 380 Å². The first-order valence-electron chi connectivity index (χ1n) is 22.1. The van der Waals surface area contributed by atoms with Crippen LogP contribution in [0.15, 0.2) is 200 Å². The van der Waals surface area contributed by atoms with E-state index in [1.54, 1.807) is 11.3 Å². The summed E-state index contributed by atoms with van der Waals surface area (Å²) in [4.78, 5) is 26.6. The Morgan fingerprint density at radius 1 is 0.369 bits per heavy atom. The molecule has 0 bridgehead atoms. The molecule has 0 saturated carbocycles. The number of benzene rings is 8. The monoisotopic (exact) mass is 849 g/mol. The normalized spacial score (nSPS) is 13.9. The van der Waals surface area contributed by atoms with E-state index in [1.807, 2.05) is 36.4 Å². The van der Waals surface area contributed by atoms with Crippen molar-refractivity contribution in [3.63, 3.8) is 0 Å². The predicted octanol–water partition coefficient (Wildman–Crippen LogP) is 14.4. The summed E-state index contributed by atoms with van der Waals surface area (Å²) in [5, 5.41) is 1.14. The first kappa shape index (κ1) is 37.6. The van der Waals surface area contributed by atoms with Crippen LogP contribution in [0.1, 0.15) is 47.2 Å². The molecule has 0 amide bonds. The fourth-order valence-corrected chi connectivity index (χ4v) is 11.9. The summed E-state index contributed by atoms with van der Waals surface area (Å²) < 4.78 is 2.28. The van der Waals surface area contributed by atoms with Crippen molar-refractivity contribution < 1.29 is 0 Å². The highest BCUT2D eigenvalue weighted by molar-refractivity contribution is 7.26. The predicted molar refractivity (Wildman–Crippen MR) is 265 cm³/mol. The number of hydrogen-bond donors (Lipinski definition) is 0. The zero-order valence-corrected chi connectivity index (χ0v) is 36.5. The molecule has 2 aliphatic carbocycles. The summed E-state index contributed by atoms with van der Waals surface area (Å²) in [7, 11) is 0. The third-order valence-electron chi connectivity index (χ3n) is 13.6. The molecule has 11 aromatic rings. The standard InChI is InChI=1S/C59H39N5S/c1-58(2)44-27-13-15-29-46(44)59(47-30-16-14-28-45(47)58)43-34-33-39(56-60-51(36-19-6-3-7-20-36)53-52(61-56)40-25-12-17-32-49(40)65-53)35-42(43)50-41(26-18-31-48(50)59)57-63-54(37-21-8-4-9-22-37)62-55(64-57)38-23-10-5-11-24-38/h3-35H,1-2H3. The molecule has 306 valence electrons. The quantitative estimate of drug-likeness (QED) is 0.173. The average molecular weight is 850 g/mol. The Hall–Kier alpha value is -7.93. The molecular formula is C59H39N5S. The molecule has 6 heteroatoms. The van der Waals surface area contributed by atoms with Gasteiger partial charge < -0.3 is 0 Å². The van der Waals surface area contributed by atoms with Crippen molar-refractivity contribution >= 4 is 31.6 Å². The van der Waals surface area contributed by atoms with Gasteiger partial charge in [0.1, 0.15) is 0 Å². The topological polar surface area (TPSA) is 64.5 Å². The third-order valence-corrected chi connectivity index (χ3v) is 14.8. The molecule has 65 heavy (non-hydrogen) atoms. The Balaban J connectivity index is 1.13. The van der Waals surface area contributed by atoms with Crippen LogP contribution in [0.25, 0.3) is 88.2 Å². The summed E-state index contributed by atoms with van der Waals surface area (Å²) >= 11 is 1.75. The van der Waals surface area contributed by atoms with Crippen LogP contribution in [0, 0.1) is 0 Å². The number of thiophene rings is 1. The molecule has 13 rings (SSSR count). The maximum Gasteiger partial charge on any atom is 0.164 e. The fourth-order valence-electron chi connectivity index (χ4n) is 10.7. The van der Waals surface area contributed by atoms with E-state index in [0.717, 1.165) is 60.2 Å². The maximum atomic E-state index is 5.45. The van der Waals surface area contributed by atoms with E-state index in [4.69, 9.17) is 24.9 Å². The van der Waals surface area contributed by atoms with Crippen molar-refractivity contribution in [1.82, 2.24) is 24.9 Å². The van der Waals surface area contributed by atoms with Gasteiger partial charge in [-0.25, -0.2) is 24.9 Å². The highest BCUT2D eigenvalue weighted by Crippen LogP contribution is 2.63. The SMILES string of the molecule is CC1(C)c2ccccc2C2(c3ccc(-c4nc(-c5ccccc5)c5sc6ccccc6c5n4)cc3-c3c(-c4nc(-c5ccccc5)nc(-c5ccccc5)n4)cccc32)c2ccccc21. The third kappa shape index (κ3) is 5.54. The number of aromatic nitrogens is 5. The number of hydrogen-bond acceptors (Lipinski definition) is 6. The smallest absolute Gasteiger partial charge is 0.164 e. The van der Waals surface area contributed by atoms with E-state index in [2.05, 4.69) is 178 Å². The van der Waals surface area contributed by atoms with Gasteiger partial charge in [0.15, 0.2) is 23.3 Å². The summed E-state index contributed by atoms with van der Waals surface area (Å²) in [6.07, 6.45) is 0. The Morgan fingerprint density at radius 2 is 0.892 bits per heavy atom. The lowest BCUT2D eigenvalue weighted by Gasteiger charge is -2.46. The van der Waals surface area contributed by atoms with E-state index >= 15 is 0 Å². The Morgan fingerprint density at radius 3 is 1.54 bits per heavy atom. The number of fused-ring (bicyclic) bond motifs is 12. The summed E-state index contributed by atoms with van der Waals surface area (Å²) in [5.41, 5.74) is 15.7. The van der Waals surface area contributed by atoms with Crippen LogP contribution in [0.2, 0.25) is 0 Å². The molecule has 0 fully saturated rings. The van der Waals surface area contributed by atoms with Gasteiger partial charge in [-0.1, -0.05) is 202 Å². The van der Waals surface area contributed by atoms with Crippen molar-refractivity contribution in [2.45, 2.75) is 24.7 Å². The molecule has 1 spiro atoms. The van der Waals surface area contributed by atoms with Crippen molar-refractivity contribution in [1.29, 1.82) is 0 Å². The minimum Gasteiger partial charge on any atom is -0.226 e. The van der Waals surface area contributed by atoms with Gasteiger partial charge in [0.2, 0.25) is 0 Å². The van der Waals surface area contributed by atoms with Crippen LogP contribution in [-0.4, -0.2) is 24.9 Å². The average Bonchev–Trinajstić information content (AvgIpc) is 3.90. The van der Waals surface area contributed by atoms with Crippen molar-refractivity contribution in [2.75, 3.05) is 0 Å². The zero-order chi connectivity index (χ0) is 43.3. The maximum absolute atomic E-state index is 5.45. The number of nitrogens with zero attached hydrogens (tertiary/aromatic N) is 5. The summed E-state index contributed by atoms with van der Waals surface area (Å²) in [6, 6.07) is 71.2. The van der Waals surface area contributed by atoms with Crippen molar-refractivity contribution in [2.24, 2.45) is 0 Å². The lowest BCUT2D eigenvalue weighted by atomic mass is 9.55. The van der Waals surface area contributed by atoms with Gasteiger partial charge in [-0.2, -0.15) is 0 Å². The molecule has 0 atom stereocenters. The van der Waals surface area contributed by atoms with Crippen LogP contribution in [0.5, 0.6) is 0 Å². The van der Waals surface area contributed by atoms with Crippen molar-refractivity contribution in [3.8, 4) is 67.9 Å². The highest BCUT2D eigenvalue weighted by atomic mass is 32.1. The van der Waals surface area contributed by atoms with Gasteiger partial charge in [-0.05, 0) is 56.6 Å². The minimum absolute atomic E-state index is 0.233. The second-order valence-electron chi connectivity index (χ2n) is 17.5.